The molecule has 1 fully saturated rings. The molecule has 4 rings (SSSR count). The zero-order chi connectivity index (χ0) is 22.5. The summed E-state index contributed by atoms with van der Waals surface area (Å²) in [6.45, 7) is 5.55. The predicted molar refractivity (Wildman–Crippen MR) is 126 cm³/mol. The van der Waals surface area contributed by atoms with Crippen LogP contribution in [0.2, 0.25) is 0 Å². The topological polar surface area (TPSA) is 83.3 Å². The first-order chi connectivity index (χ1) is 15.6. The van der Waals surface area contributed by atoms with Crippen LogP contribution in [0.1, 0.15) is 36.3 Å². The van der Waals surface area contributed by atoms with Gasteiger partial charge in [0.1, 0.15) is 23.0 Å². The summed E-state index contributed by atoms with van der Waals surface area (Å²) in [6.07, 6.45) is 3.65. The number of ether oxygens (including phenoxy) is 3. The molecule has 0 spiro atoms. The van der Waals surface area contributed by atoms with Crippen LogP contribution in [0.3, 0.4) is 0 Å². The maximum absolute atomic E-state index is 5.67. The molecular weight excluding hydrogens is 426 g/mol. The van der Waals surface area contributed by atoms with Gasteiger partial charge in [-0.15, -0.1) is 10.2 Å². The van der Waals surface area contributed by atoms with Crippen molar-refractivity contribution in [2.75, 3.05) is 32.2 Å². The van der Waals surface area contributed by atoms with Crippen molar-refractivity contribution in [1.29, 1.82) is 0 Å². The fourth-order valence-electron chi connectivity index (χ4n) is 3.75. The van der Waals surface area contributed by atoms with E-state index in [0.717, 1.165) is 42.2 Å². The molecule has 2 aromatic heterocycles. The number of hydrogen-bond acceptors (Lipinski definition) is 8. The molecular formula is C23H29N5O3S. The second-order valence-corrected chi connectivity index (χ2v) is 9.09. The van der Waals surface area contributed by atoms with E-state index < -0.39 is 0 Å². The smallest absolute Gasteiger partial charge is 0.239 e. The van der Waals surface area contributed by atoms with E-state index in [-0.39, 0.29) is 11.2 Å². The van der Waals surface area contributed by atoms with Gasteiger partial charge in [0.2, 0.25) is 5.95 Å². The summed E-state index contributed by atoms with van der Waals surface area (Å²) in [5.74, 6) is 3.00. The molecule has 8 nitrogen and oxygen atoms in total. The van der Waals surface area contributed by atoms with E-state index in [9.17, 15) is 0 Å². The molecule has 1 N–H and O–H groups in total. The van der Waals surface area contributed by atoms with Gasteiger partial charge >= 0.3 is 0 Å². The van der Waals surface area contributed by atoms with Crippen molar-refractivity contribution in [3.05, 3.63) is 53.6 Å². The minimum absolute atomic E-state index is 0.159. The molecule has 32 heavy (non-hydrogen) atoms. The third-order valence-corrected chi connectivity index (χ3v) is 6.30. The molecule has 1 saturated heterocycles. The molecule has 0 amide bonds. The van der Waals surface area contributed by atoms with E-state index >= 15 is 0 Å². The first kappa shape index (κ1) is 22.4. The molecule has 0 bridgehead atoms. The number of para-hydroxylation sites is 1. The molecule has 2 atom stereocenters. The number of aromatic nitrogens is 4. The highest BCUT2D eigenvalue weighted by Gasteiger charge is 2.29. The zero-order valence-corrected chi connectivity index (χ0v) is 19.7. The number of nitrogens with one attached hydrogen (secondary N) is 1. The Morgan fingerprint density at radius 2 is 1.97 bits per heavy atom. The SMILES string of the molecule is COc1cccc(OC)c1-n1c(NSC(C)Cc2ccc(C)cn2)nnc1C1CCOC1. The Balaban J connectivity index is 1.62. The number of rotatable bonds is 9. The summed E-state index contributed by atoms with van der Waals surface area (Å²) in [4.78, 5) is 4.52. The van der Waals surface area contributed by atoms with Crippen molar-refractivity contribution < 1.29 is 14.2 Å². The van der Waals surface area contributed by atoms with Crippen LogP contribution in [0.5, 0.6) is 11.5 Å². The first-order valence-corrected chi connectivity index (χ1v) is 11.6. The Labute approximate surface area is 192 Å². The number of aryl methyl sites for hydroxylation is 1. The quantitative estimate of drug-likeness (QED) is 0.481. The second-order valence-electron chi connectivity index (χ2n) is 7.85. The summed E-state index contributed by atoms with van der Waals surface area (Å²) in [5, 5.41) is 9.28. The lowest BCUT2D eigenvalue weighted by Crippen LogP contribution is -2.13. The fourth-order valence-corrected chi connectivity index (χ4v) is 4.44. The lowest BCUT2D eigenvalue weighted by Gasteiger charge is -2.19. The Bertz CT molecular complexity index is 1010. The number of anilines is 1. The molecule has 3 heterocycles. The monoisotopic (exact) mass is 455 g/mol. The Hall–Kier alpha value is -2.78. The van der Waals surface area contributed by atoms with Crippen molar-refractivity contribution in [2.45, 2.75) is 37.9 Å². The standard InChI is InChI=1S/C23H29N5O3S/c1-15-8-9-18(24-13-15)12-16(2)32-27-23-26-25-22(17-10-11-31-14-17)28(23)21-19(29-3)6-5-7-20(21)30-4/h5-9,13,16-17H,10-12,14H2,1-4H3,(H,26,27). The van der Waals surface area contributed by atoms with Gasteiger partial charge < -0.3 is 14.2 Å². The molecule has 1 aliphatic heterocycles. The van der Waals surface area contributed by atoms with Crippen LogP contribution in [-0.4, -0.2) is 52.4 Å². The van der Waals surface area contributed by atoms with Gasteiger partial charge in [0, 0.05) is 36.1 Å². The predicted octanol–water partition coefficient (Wildman–Crippen LogP) is 4.18. The normalized spacial score (nSPS) is 16.7. The highest BCUT2D eigenvalue weighted by atomic mass is 32.2. The van der Waals surface area contributed by atoms with E-state index in [1.54, 1.807) is 26.2 Å². The molecule has 0 saturated carbocycles. The molecule has 2 unspecified atom stereocenters. The van der Waals surface area contributed by atoms with Gasteiger partial charge in [-0.1, -0.05) is 19.1 Å². The van der Waals surface area contributed by atoms with Gasteiger partial charge in [0.15, 0.2) is 0 Å². The lowest BCUT2D eigenvalue weighted by molar-refractivity contribution is 0.193. The van der Waals surface area contributed by atoms with E-state index in [4.69, 9.17) is 14.2 Å². The third-order valence-electron chi connectivity index (χ3n) is 5.43. The van der Waals surface area contributed by atoms with E-state index in [0.29, 0.717) is 24.1 Å². The second kappa shape index (κ2) is 10.2. The maximum Gasteiger partial charge on any atom is 0.239 e. The largest absolute Gasteiger partial charge is 0.494 e. The van der Waals surface area contributed by atoms with Gasteiger partial charge in [-0.05, 0) is 49.1 Å². The van der Waals surface area contributed by atoms with Crippen LogP contribution in [0, 0.1) is 6.92 Å². The summed E-state index contributed by atoms with van der Waals surface area (Å²) >= 11 is 1.59. The Morgan fingerprint density at radius 3 is 2.59 bits per heavy atom. The summed E-state index contributed by atoms with van der Waals surface area (Å²) in [5.41, 5.74) is 3.00. The number of methoxy groups -OCH3 is 2. The zero-order valence-electron chi connectivity index (χ0n) is 18.9. The van der Waals surface area contributed by atoms with Gasteiger partial charge in [-0.25, -0.2) is 0 Å². The van der Waals surface area contributed by atoms with Gasteiger partial charge in [0.25, 0.3) is 0 Å². The van der Waals surface area contributed by atoms with Crippen molar-refractivity contribution in [3.63, 3.8) is 0 Å². The van der Waals surface area contributed by atoms with Crippen LogP contribution in [-0.2, 0) is 11.2 Å². The molecule has 1 aromatic carbocycles. The highest BCUT2D eigenvalue weighted by molar-refractivity contribution is 8.01. The minimum atomic E-state index is 0.159. The van der Waals surface area contributed by atoms with Crippen LogP contribution < -0.4 is 14.2 Å². The first-order valence-electron chi connectivity index (χ1n) is 10.7. The average Bonchev–Trinajstić information content (AvgIpc) is 3.48. The summed E-state index contributed by atoms with van der Waals surface area (Å²) in [7, 11) is 3.30. The van der Waals surface area contributed by atoms with Gasteiger partial charge in [-0.3, -0.25) is 14.3 Å². The van der Waals surface area contributed by atoms with Gasteiger partial charge in [-0.2, -0.15) is 0 Å². The molecule has 0 radical (unpaired) electrons. The summed E-state index contributed by atoms with van der Waals surface area (Å²) in [6, 6.07) is 9.90. The highest BCUT2D eigenvalue weighted by Crippen LogP contribution is 2.38. The van der Waals surface area contributed by atoms with Crippen LogP contribution in [0.25, 0.3) is 5.69 Å². The number of hydrogen-bond donors (Lipinski definition) is 1. The van der Waals surface area contributed by atoms with Crippen LogP contribution in [0.15, 0.2) is 36.5 Å². The van der Waals surface area contributed by atoms with Crippen LogP contribution >= 0.6 is 11.9 Å². The Kier molecular flexibility index (Phi) is 7.16. The molecule has 0 aliphatic carbocycles. The van der Waals surface area contributed by atoms with E-state index in [1.165, 1.54) is 0 Å². The van der Waals surface area contributed by atoms with E-state index in [1.807, 2.05) is 35.9 Å². The Morgan fingerprint density at radius 1 is 1.19 bits per heavy atom. The molecule has 9 heteroatoms. The lowest BCUT2D eigenvalue weighted by atomic mass is 10.1. The number of nitrogens with zero attached hydrogens (tertiary/aromatic N) is 4. The van der Waals surface area contributed by atoms with E-state index in [2.05, 4.69) is 39.0 Å². The van der Waals surface area contributed by atoms with Crippen molar-refractivity contribution >= 4 is 17.9 Å². The third kappa shape index (κ3) is 4.83. The summed E-state index contributed by atoms with van der Waals surface area (Å²) < 4.78 is 22.4. The number of benzene rings is 1. The fraction of sp³-hybridized carbons (Fsp3) is 0.435. The molecule has 3 aromatic rings. The molecule has 1 aliphatic rings. The molecule has 170 valence electrons. The van der Waals surface area contributed by atoms with Crippen molar-refractivity contribution in [2.24, 2.45) is 0 Å². The van der Waals surface area contributed by atoms with Gasteiger partial charge in [0.05, 0.1) is 20.8 Å². The minimum Gasteiger partial charge on any atom is -0.494 e. The van der Waals surface area contributed by atoms with Crippen molar-refractivity contribution in [1.82, 2.24) is 19.7 Å². The van der Waals surface area contributed by atoms with Crippen LogP contribution in [0.4, 0.5) is 5.95 Å². The maximum atomic E-state index is 5.67. The van der Waals surface area contributed by atoms with Crippen molar-refractivity contribution in [3.8, 4) is 17.2 Å². The average molecular weight is 456 g/mol. The number of pyridine rings is 1.